The van der Waals surface area contributed by atoms with Crippen LogP contribution < -0.4 is 0 Å². The fourth-order valence-electron chi connectivity index (χ4n) is 2.48. The summed E-state index contributed by atoms with van der Waals surface area (Å²) in [6.45, 7) is -0.105. The lowest BCUT2D eigenvalue weighted by molar-refractivity contribution is -0.142. The van der Waals surface area contributed by atoms with E-state index in [1.807, 2.05) is 0 Å². The molecule has 0 spiro atoms. The molecule has 0 amide bonds. The third-order valence-electron chi connectivity index (χ3n) is 3.38. The van der Waals surface area contributed by atoms with Crippen LogP contribution in [0.1, 0.15) is 49.4 Å². The first-order valence-corrected chi connectivity index (χ1v) is 6.28. The van der Waals surface area contributed by atoms with Crippen LogP contribution in [0.25, 0.3) is 0 Å². The molecule has 18 heavy (non-hydrogen) atoms. The van der Waals surface area contributed by atoms with Gasteiger partial charge in [-0.05, 0) is 25.7 Å². The van der Waals surface area contributed by atoms with Crippen molar-refractivity contribution >= 4 is 0 Å². The predicted octanol–water partition coefficient (Wildman–Crippen LogP) is 2.94. The van der Waals surface area contributed by atoms with Gasteiger partial charge in [0.15, 0.2) is 5.69 Å². The van der Waals surface area contributed by atoms with Crippen molar-refractivity contribution < 1.29 is 18.3 Å². The molecule has 0 atom stereocenters. The number of rotatable bonds is 4. The molecule has 1 aromatic rings. The largest absolute Gasteiger partial charge is 0.435 e. The van der Waals surface area contributed by atoms with Gasteiger partial charge >= 0.3 is 6.18 Å². The average Bonchev–Trinajstić information content (AvgIpc) is 2.93. The summed E-state index contributed by atoms with van der Waals surface area (Å²) in [5, 5.41) is 12.5. The van der Waals surface area contributed by atoms with Gasteiger partial charge in [-0.2, -0.15) is 18.3 Å². The number of aryl methyl sites for hydroxylation is 1. The average molecular weight is 262 g/mol. The SMILES string of the molecule is OCCCc1cn(C2CCCC2)nc1C(F)(F)F. The van der Waals surface area contributed by atoms with Gasteiger partial charge in [0.05, 0.1) is 6.04 Å². The van der Waals surface area contributed by atoms with Crippen molar-refractivity contribution in [1.82, 2.24) is 9.78 Å². The molecule has 0 saturated heterocycles. The summed E-state index contributed by atoms with van der Waals surface area (Å²) >= 11 is 0. The summed E-state index contributed by atoms with van der Waals surface area (Å²) in [4.78, 5) is 0. The van der Waals surface area contributed by atoms with Gasteiger partial charge in [0, 0.05) is 18.4 Å². The highest BCUT2D eigenvalue weighted by molar-refractivity contribution is 5.20. The third kappa shape index (κ3) is 2.85. The van der Waals surface area contributed by atoms with Crippen LogP contribution in [0.2, 0.25) is 0 Å². The molecule has 0 bridgehead atoms. The minimum atomic E-state index is -4.41. The Kier molecular flexibility index (Phi) is 3.94. The first-order valence-electron chi connectivity index (χ1n) is 6.28. The molecule has 2 rings (SSSR count). The zero-order chi connectivity index (χ0) is 13.2. The third-order valence-corrected chi connectivity index (χ3v) is 3.38. The zero-order valence-electron chi connectivity index (χ0n) is 10.1. The molecule has 1 aliphatic rings. The van der Waals surface area contributed by atoms with Gasteiger partial charge in [0.1, 0.15) is 0 Å². The highest BCUT2D eigenvalue weighted by atomic mass is 19.4. The topological polar surface area (TPSA) is 38.0 Å². The Balaban J connectivity index is 2.24. The van der Waals surface area contributed by atoms with E-state index in [1.54, 1.807) is 0 Å². The highest BCUT2D eigenvalue weighted by Gasteiger charge is 2.37. The maximum Gasteiger partial charge on any atom is 0.435 e. The summed E-state index contributed by atoms with van der Waals surface area (Å²) in [6.07, 6.45) is 1.56. The number of hydrogen-bond acceptors (Lipinski definition) is 2. The van der Waals surface area contributed by atoms with Gasteiger partial charge in [-0.15, -0.1) is 0 Å². The van der Waals surface area contributed by atoms with Crippen molar-refractivity contribution in [3.8, 4) is 0 Å². The molecule has 1 aliphatic carbocycles. The van der Waals surface area contributed by atoms with Crippen LogP contribution >= 0.6 is 0 Å². The van der Waals surface area contributed by atoms with Crippen molar-refractivity contribution in [3.63, 3.8) is 0 Å². The minimum Gasteiger partial charge on any atom is -0.396 e. The maximum atomic E-state index is 12.8. The summed E-state index contributed by atoms with van der Waals surface area (Å²) in [5.41, 5.74) is -0.591. The van der Waals surface area contributed by atoms with Crippen LogP contribution in [0, 0.1) is 0 Å². The molecule has 1 N–H and O–H groups in total. The van der Waals surface area contributed by atoms with Crippen LogP contribution in [-0.4, -0.2) is 21.5 Å². The number of hydrogen-bond donors (Lipinski definition) is 1. The van der Waals surface area contributed by atoms with Crippen LogP contribution in [0.3, 0.4) is 0 Å². The molecule has 1 heterocycles. The Bertz CT molecular complexity index is 395. The number of nitrogens with zero attached hydrogens (tertiary/aromatic N) is 2. The van der Waals surface area contributed by atoms with Crippen molar-refractivity contribution in [3.05, 3.63) is 17.5 Å². The van der Waals surface area contributed by atoms with Crippen molar-refractivity contribution in [2.24, 2.45) is 0 Å². The molecule has 6 heteroatoms. The van der Waals surface area contributed by atoms with E-state index in [0.717, 1.165) is 25.7 Å². The number of aliphatic hydroxyl groups excluding tert-OH is 1. The van der Waals surface area contributed by atoms with Crippen LogP contribution in [-0.2, 0) is 12.6 Å². The monoisotopic (exact) mass is 262 g/mol. The highest BCUT2D eigenvalue weighted by Crippen LogP contribution is 2.35. The predicted molar refractivity (Wildman–Crippen MR) is 60.1 cm³/mol. The second-order valence-corrected chi connectivity index (χ2v) is 4.75. The lowest BCUT2D eigenvalue weighted by atomic mass is 10.1. The molecule has 0 radical (unpaired) electrons. The Morgan fingerprint density at radius 2 is 2.00 bits per heavy atom. The summed E-state index contributed by atoms with van der Waals surface area (Å²) in [6, 6.07) is 0.106. The van der Waals surface area contributed by atoms with Crippen LogP contribution in [0.15, 0.2) is 6.20 Å². The van der Waals surface area contributed by atoms with Crippen molar-refractivity contribution in [2.75, 3.05) is 6.61 Å². The summed E-state index contributed by atoms with van der Waals surface area (Å²) in [7, 11) is 0. The molecule has 0 aliphatic heterocycles. The molecular weight excluding hydrogens is 245 g/mol. The van der Waals surface area contributed by atoms with E-state index in [2.05, 4.69) is 5.10 Å². The van der Waals surface area contributed by atoms with E-state index in [1.165, 1.54) is 10.9 Å². The van der Waals surface area contributed by atoms with Crippen molar-refractivity contribution in [2.45, 2.75) is 50.7 Å². The summed E-state index contributed by atoms with van der Waals surface area (Å²) < 4.78 is 40.0. The van der Waals surface area contributed by atoms with Crippen LogP contribution in [0.4, 0.5) is 13.2 Å². The standard InChI is InChI=1S/C12H17F3N2O/c13-12(14,15)11-9(4-3-7-18)8-17(16-11)10-5-1-2-6-10/h8,10,18H,1-7H2. The Morgan fingerprint density at radius 1 is 1.33 bits per heavy atom. The molecule has 0 aromatic carbocycles. The second-order valence-electron chi connectivity index (χ2n) is 4.75. The van der Waals surface area contributed by atoms with E-state index in [9.17, 15) is 13.2 Å². The molecule has 3 nitrogen and oxygen atoms in total. The second kappa shape index (κ2) is 5.30. The van der Waals surface area contributed by atoms with Crippen LogP contribution in [0.5, 0.6) is 0 Å². The first kappa shape index (κ1) is 13.4. The zero-order valence-corrected chi connectivity index (χ0v) is 10.1. The van der Waals surface area contributed by atoms with E-state index in [4.69, 9.17) is 5.11 Å². The minimum absolute atomic E-state index is 0.105. The van der Waals surface area contributed by atoms with Gasteiger partial charge in [-0.3, -0.25) is 4.68 Å². The van der Waals surface area contributed by atoms with Gasteiger partial charge < -0.3 is 5.11 Å². The molecule has 1 fully saturated rings. The number of aromatic nitrogens is 2. The smallest absolute Gasteiger partial charge is 0.396 e. The van der Waals surface area contributed by atoms with E-state index in [-0.39, 0.29) is 24.6 Å². The van der Waals surface area contributed by atoms with E-state index < -0.39 is 11.9 Å². The number of aliphatic hydroxyl groups is 1. The fourth-order valence-corrected chi connectivity index (χ4v) is 2.48. The van der Waals surface area contributed by atoms with E-state index in [0.29, 0.717) is 6.42 Å². The first-order chi connectivity index (χ1) is 8.52. The maximum absolute atomic E-state index is 12.8. The molecule has 0 unspecified atom stereocenters. The quantitative estimate of drug-likeness (QED) is 0.906. The normalized spacial score (nSPS) is 17.6. The van der Waals surface area contributed by atoms with E-state index >= 15 is 0 Å². The van der Waals surface area contributed by atoms with Gasteiger partial charge in [-0.25, -0.2) is 0 Å². The van der Waals surface area contributed by atoms with Crippen molar-refractivity contribution in [1.29, 1.82) is 0 Å². The Morgan fingerprint density at radius 3 is 2.56 bits per heavy atom. The number of halogens is 3. The Labute approximate surface area is 104 Å². The molecule has 1 saturated carbocycles. The molecule has 102 valence electrons. The fraction of sp³-hybridized carbons (Fsp3) is 0.750. The summed E-state index contributed by atoms with van der Waals surface area (Å²) in [5.74, 6) is 0. The lowest BCUT2D eigenvalue weighted by Gasteiger charge is -2.09. The van der Waals surface area contributed by atoms with Gasteiger partial charge in [0.2, 0.25) is 0 Å². The molecule has 1 aromatic heterocycles. The van der Waals surface area contributed by atoms with Gasteiger partial charge in [0.25, 0.3) is 0 Å². The Hall–Kier alpha value is -1.04. The lowest BCUT2D eigenvalue weighted by Crippen LogP contribution is -2.11. The number of alkyl halides is 3. The molecular formula is C12H17F3N2O. The van der Waals surface area contributed by atoms with Gasteiger partial charge in [-0.1, -0.05) is 12.8 Å².